The van der Waals surface area contributed by atoms with Crippen LogP contribution in [0, 0.1) is 0 Å². The highest BCUT2D eigenvalue weighted by atomic mass is 16.7. The van der Waals surface area contributed by atoms with E-state index in [1.54, 1.807) is 28.0 Å². The molecule has 1 aromatic rings. The molecule has 130 valence electrons. The topological polar surface area (TPSA) is 85.1 Å². The Balaban J connectivity index is 1.83. The van der Waals surface area contributed by atoms with Crippen LogP contribution >= 0.6 is 0 Å². The molecule has 1 fully saturated rings. The van der Waals surface area contributed by atoms with Gasteiger partial charge >= 0.3 is 0 Å². The summed E-state index contributed by atoms with van der Waals surface area (Å²) in [5.41, 5.74) is 6.51. The number of amides is 2. The lowest BCUT2D eigenvalue weighted by Gasteiger charge is -2.29. The lowest BCUT2D eigenvalue weighted by atomic mass is 10.1. The summed E-state index contributed by atoms with van der Waals surface area (Å²) >= 11 is 0. The van der Waals surface area contributed by atoms with Gasteiger partial charge in [-0.05, 0) is 38.5 Å². The van der Waals surface area contributed by atoms with Crippen LogP contribution in [-0.4, -0.2) is 60.1 Å². The highest BCUT2D eigenvalue weighted by molar-refractivity contribution is 5.98. The summed E-state index contributed by atoms with van der Waals surface area (Å²) in [6.45, 7) is 5.64. The van der Waals surface area contributed by atoms with Gasteiger partial charge < -0.3 is 25.0 Å². The summed E-state index contributed by atoms with van der Waals surface area (Å²) in [5, 5.41) is 0. The van der Waals surface area contributed by atoms with Crippen molar-refractivity contribution >= 4 is 11.8 Å². The van der Waals surface area contributed by atoms with Crippen molar-refractivity contribution in [2.45, 2.75) is 32.4 Å². The Hall–Kier alpha value is -2.28. The first-order valence-corrected chi connectivity index (χ1v) is 8.30. The number of hydrogen-bond acceptors (Lipinski definition) is 5. The summed E-state index contributed by atoms with van der Waals surface area (Å²) < 4.78 is 10.6. The zero-order valence-electron chi connectivity index (χ0n) is 14.0. The molecule has 0 saturated carbocycles. The van der Waals surface area contributed by atoms with Crippen LogP contribution in [0.2, 0.25) is 0 Å². The third kappa shape index (κ3) is 2.91. The van der Waals surface area contributed by atoms with E-state index in [1.165, 1.54) is 0 Å². The number of carbonyl (C=O) groups is 2. The monoisotopic (exact) mass is 333 g/mol. The van der Waals surface area contributed by atoms with Crippen LogP contribution in [0.4, 0.5) is 0 Å². The van der Waals surface area contributed by atoms with Gasteiger partial charge in [-0.2, -0.15) is 0 Å². The van der Waals surface area contributed by atoms with Crippen LogP contribution in [0.1, 0.15) is 30.6 Å². The maximum atomic E-state index is 12.9. The van der Waals surface area contributed by atoms with Gasteiger partial charge in [0, 0.05) is 31.2 Å². The lowest BCUT2D eigenvalue weighted by molar-refractivity contribution is -0.134. The van der Waals surface area contributed by atoms with E-state index >= 15 is 0 Å². The second-order valence-electron chi connectivity index (χ2n) is 6.05. The number of carbonyl (C=O) groups excluding carboxylic acids is 2. The number of likely N-dealkylation sites (N-methyl/N-ethyl adjacent to an activating group) is 1. The molecular weight excluding hydrogens is 310 g/mol. The first-order valence-electron chi connectivity index (χ1n) is 8.30. The summed E-state index contributed by atoms with van der Waals surface area (Å²) in [5.74, 6) is 0.935. The van der Waals surface area contributed by atoms with Gasteiger partial charge in [0.15, 0.2) is 11.5 Å². The van der Waals surface area contributed by atoms with Gasteiger partial charge in [0.2, 0.25) is 12.7 Å². The molecule has 2 aliphatic heterocycles. The third-order valence-electron chi connectivity index (χ3n) is 4.57. The Morgan fingerprint density at radius 2 is 1.96 bits per heavy atom. The van der Waals surface area contributed by atoms with E-state index in [1.807, 2.05) is 13.8 Å². The smallest absolute Gasteiger partial charge is 0.254 e. The van der Waals surface area contributed by atoms with Crippen LogP contribution < -0.4 is 15.2 Å². The molecule has 0 aliphatic carbocycles. The van der Waals surface area contributed by atoms with Gasteiger partial charge in [-0.15, -0.1) is 0 Å². The van der Waals surface area contributed by atoms with Crippen LogP contribution in [-0.2, 0) is 4.79 Å². The molecule has 2 heterocycles. The molecule has 2 amide bonds. The van der Waals surface area contributed by atoms with Crippen molar-refractivity contribution in [2.24, 2.45) is 5.73 Å². The quantitative estimate of drug-likeness (QED) is 0.882. The van der Waals surface area contributed by atoms with Gasteiger partial charge in [-0.25, -0.2) is 0 Å². The molecule has 1 aromatic carbocycles. The van der Waals surface area contributed by atoms with Crippen LogP contribution in [0.25, 0.3) is 0 Å². The maximum absolute atomic E-state index is 12.9. The van der Waals surface area contributed by atoms with E-state index in [0.717, 1.165) is 0 Å². The van der Waals surface area contributed by atoms with E-state index in [0.29, 0.717) is 43.1 Å². The summed E-state index contributed by atoms with van der Waals surface area (Å²) in [7, 11) is 0. The number of fused-ring (bicyclic) bond motifs is 1. The highest BCUT2D eigenvalue weighted by Crippen LogP contribution is 2.33. The molecule has 3 rings (SSSR count). The third-order valence-corrected chi connectivity index (χ3v) is 4.57. The Morgan fingerprint density at radius 1 is 1.25 bits per heavy atom. The number of hydrogen-bond donors (Lipinski definition) is 1. The predicted molar refractivity (Wildman–Crippen MR) is 87.9 cm³/mol. The molecule has 0 radical (unpaired) electrons. The molecule has 2 atom stereocenters. The molecule has 24 heavy (non-hydrogen) atoms. The molecule has 1 saturated heterocycles. The van der Waals surface area contributed by atoms with Crippen molar-refractivity contribution < 1.29 is 19.1 Å². The molecule has 0 spiro atoms. The zero-order chi connectivity index (χ0) is 17.3. The molecule has 2 N–H and O–H groups in total. The molecule has 0 unspecified atom stereocenters. The molecule has 2 aliphatic rings. The largest absolute Gasteiger partial charge is 0.454 e. The number of nitrogens with two attached hydrogens (primary N) is 1. The van der Waals surface area contributed by atoms with Gasteiger partial charge in [-0.1, -0.05) is 0 Å². The fraction of sp³-hybridized carbons (Fsp3) is 0.529. The van der Waals surface area contributed by atoms with Gasteiger partial charge in [0.1, 0.15) is 6.04 Å². The van der Waals surface area contributed by atoms with Crippen molar-refractivity contribution in [3.63, 3.8) is 0 Å². The zero-order valence-corrected chi connectivity index (χ0v) is 14.0. The minimum absolute atomic E-state index is 0.0398. The standard InChI is InChI=1S/C17H23N3O4/c1-3-19(4-2)17(22)13-8-12(18)9-20(13)16(21)11-5-6-14-15(7-11)24-10-23-14/h5-7,12-13H,3-4,8-10,18H2,1-2H3/t12-,13-/m0/s1. The lowest BCUT2D eigenvalue weighted by Crippen LogP contribution is -2.47. The number of benzene rings is 1. The minimum atomic E-state index is -0.502. The first-order chi connectivity index (χ1) is 11.5. The SMILES string of the molecule is CCN(CC)C(=O)[C@@H]1C[C@H](N)CN1C(=O)c1ccc2c(c1)OCO2. The average Bonchev–Trinajstić information content (AvgIpc) is 3.20. The van der Waals surface area contributed by atoms with E-state index in [-0.39, 0.29) is 24.6 Å². The van der Waals surface area contributed by atoms with Crippen LogP contribution in [0.5, 0.6) is 11.5 Å². The van der Waals surface area contributed by atoms with Crippen molar-refractivity contribution in [3.05, 3.63) is 23.8 Å². The minimum Gasteiger partial charge on any atom is -0.454 e. The number of rotatable bonds is 4. The number of likely N-dealkylation sites (tertiary alicyclic amines) is 1. The Bertz CT molecular complexity index is 645. The van der Waals surface area contributed by atoms with Crippen molar-refractivity contribution in [1.82, 2.24) is 9.80 Å². The summed E-state index contributed by atoms with van der Waals surface area (Å²) in [4.78, 5) is 29.0. The Morgan fingerprint density at radius 3 is 2.67 bits per heavy atom. The Labute approximate surface area is 141 Å². The van der Waals surface area contributed by atoms with E-state index < -0.39 is 6.04 Å². The van der Waals surface area contributed by atoms with Crippen LogP contribution in [0.3, 0.4) is 0 Å². The summed E-state index contributed by atoms with van der Waals surface area (Å²) in [6.07, 6.45) is 0.492. The molecule has 0 aromatic heterocycles. The molecule has 7 nitrogen and oxygen atoms in total. The molecule has 0 bridgehead atoms. The van der Waals surface area contributed by atoms with Crippen LogP contribution in [0.15, 0.2) is 18.2 Å². The maximum Gasteiger partial charge on any atom is 0.254 e. The molecular formula is C17H23N3O4. The fourth-order valence-corrected chi connectivity index (χ4v) is 3.27. The second-order valence-corrected chi connectivity index (χ2v) is 6.05. The van der Waals surface area contributed by atoms with E-state index in [9.17, 15) is 9.59 Å². The van der Waals surface area contributed by atoms with Crippen molar-refractivity contribution in [1.29, 1.82) is 0 Å². The fourth-order valence-electron chi connectivity index (χ4n) is 3.27. The highest BCUT2D eigenvalue weighted by Gasteiger charge is 2.40. The first kappa shape index (κ1) is 16.6. The van der Waals surface area contributed by atoms with Crippen molar-refractivity contribution in [3.8, 4) is 11.5 Å². The number of nitrogens with zero attached hydrogens (tertiary/aromatic N) is 2. The van der Waals surface area contributed by atoms with E-state index in [2.05, 4.69) is 0 Å². The Kier molecular flexibility index (Phi) is 4.62. The van der Waals surface area contributed by atoms with E-state index in [4.69, 9.17) is 15.2 Å². The molecule has 7 heteroatoms. The normalized spacial score (nSPS) is 21.9. The van der Waals surface area contributed by atoms with Gasteiger partial charge in [-0.3, -0.25) is 9.59 Å². The predicted octanol–water partition coefficient (Wildman–Crippen LogP) is 0.826. The second kappa shape index (κ2) is 6.68. The number of ether oxygens (including phenoxy) is 2. The summed E-state index contributed by atoms with van der Waals surface area (Å²) in [6, 6.07) is 4.38. The van der Waals surface area contributed by atoms with Gasteiger partial charge in [0.25, 0.3) is 5.91 Å². The average molecular weight is 333 g/mol. The van der Waals surface area contributed by atoms with Crippen molar-refractivity contribution in [2.75, 3.05) is 26.4 Å². The van der Waals surface area contributed by atoms with Gasteiger partial charge in [0.05, 0.1) is 0 Å².